The molecule has 3 heterocycles. The summed E-state index contributed by atoms with van der Waals surface area (Å²) in [7, 11) is 0. The Kier molecular flexibility index (Phi) is 3.99. The van der Waals surface area contributed by atoms with E-state index in [-0.39, 0.29) is 11.6 Å². The van der Waals surface area contributed by atoms with E-state index in [9.17, 15) is 4.79 Å². The Morgan fingerprint density at radius 1 is 1.04 bits per heavy atom. The van der Waals surface area contributed by atoms with Gasteiger partial charge in [-0.05, 0) is 12.1 Å². The molecule has 0 unspecified atom stereocenters. The number of rotatable bonds is 4. The third-order valence-electron chi connectivity index (χ3n) is 4.33. The molecule has 0 radical (unpaired) electrons. The number of amides is 1. The highest BCUT2D eigenvalue weighted by molar-refractivity contribution is 7.15. The van der Waals surface area contributed by atoms with Crippen LogP contribution in [0.25, 0.3) is 27.5 Å². The average Bonchev–Trinajstić information content (AvgIpc) is 3.45. The van der Waals surface area contributed by atoms with Crippen LogP contribution in [0.5, 0.6) is 0 Å². The Morgan fingerprint density at radius 2 is 1.86 bits per heavy atom. The van der Waals surface area contributed by atoms with Crippen LogP contribution < -0.4 is 5.32 Å². The number of carbonyl (C=O) groups excluding carboxylic acids is 1. The summed E-state index contributed by atoms with van der Waals surface area (Å²) in [6, 6.07) is 18.7. The van der Waals surface area contributed by atoms with Gasteiger partial charge in [0, 0.05) is 40.7 Å². The Bertz CT molecular complexity index is 1220. The molecular weight excluding hydrogens is 372 g/mol. The number of carbonyl (C=O) groups is 1. The summed E-state index contributed by atoms with van der Waals surface area (Å²) >= 11 is 1.59. The standard InChI is InChI=1S/C21H14N4O2S/c26-20(17-12-19(27-24-17)15-4-2-1-3-5-15)22-16-8-6-14(7-9-16)18-13-25-10-11-28-21(25)23-18/h1-13H,(H,22,26). The largest absolute Gasteiger partial charge is 0.355 e. The van der Waals surface area contributed by atoms with Crippen molar-refractivity contribution in [3.63, 3.8) is 0 Å². The summed E-state index contributed by atoms with van der Waals surface area (Å²) < 4.78 is 7.28. The predicted octanol–water partition coefficient (Wildman–Crippen LogP) is 4.97. The van der Waals surface area contributed by atoms with E-state index in [1.807, 2.05) is 76.8 Å². The predicted molar refractivity (Wildman–Crippen MR) is 108 cm³/mol. The minimum Gasteiger partial charge on any atom is -0.355 e. The molecule has 0 aliphatic rings. The van der Waals surface area contributed by atoms with Crippen molar-refractivity contribution in [1.82, 2.24) is 14.5 Å². The second-order valence-electron chi connectivity index (χ2n) is 6.19. The molecule has 7 heteroatoms. The topological polar surface area (TPSA) is 72.4 Å². The summed E-state index contributed by atoms with van der Waals surface area (Å²) in [5.74, 6) is 0.238. The number of fused-ring (bicyclic) bond motifs is 1. The van der Waals surface area contributed by atoms with Crippen LogP contribution in [0.15, 0.2) is 83.0 Å². The van der Waals surface area contributed by atoms with Crippen LogP contribution in [0.4, 0.5) is 5.69 Å². The highest BCUT2D eigenvalue weighted by atomic mass is 32.1. The molecule has 0 atom stereocenters. The number of anilines is 1. The van der Waals surface area contributed by atoms with Crippen molar-refractivity contribution in [2.24, 2.45) is 0 Å². The second-order valence-corrected chi connectivity index (χ2v) is 7.07. The lowest BCUT2D eigenvalue weighted by molar-refractivity contribution is 0.101. The number of imidazole rings is 1. The monoisotopic (exact) mass is 386 g/mol. The zero-order chi connectivity index (χ0) is 18.9. The van der Waals surface area contributed by atoms with E-state index in [0.29, 0.717) is 11.4 Å². The van der Waals surface area contributed by atoms with E-state index in [1.165, 1.54) is 0 Å². The number of hydrogen-bond acceptors (Lipinski definition) is 5. The van der Waals surface area contributed by atoms with E-state index in [0.717, 1.165) is 21.8 Å². The molecular formula is C21H14N4O2S. The molecule has 136 valence electrons. The number of aromatic nitrogens is 3. The third kappa shape index (κ3) is 3.08. The first-order chi connectivity index (χ1) is 13.8. The van der Waals surface area contributed by atoms with Gasteiger partial charge in [0.15, 0.2) is 16.4 Å². The Balaban J connectivity index is 1.31. The van der Waals surface area contributed by atoms with Gasteiger partial charge in [-0.2, -0.15) is 0 Å². The van der Waals surface area contributed by atoms with Gasteiger partial charge in [0.05, 0.1) is 5.69 Å². The van der Waals surface area contributed by atoms with Crippen molar-refractivity contribution in [1.29, 1.82) is 0 Å². The van der Waals surface area contributed by atoms with Gasteiger partial charge in [-0.25, -0.2) is 4.98 Å². The lowest BCUT2D eigenvalue weighted by Crippen LogP contribution is -2.11. The number of nitrogens with zero attached hydrogens (tertiary/aromatic N) is 3. The summed E-state index contributed by atoms with van der Waals surface area (Å²) in [4.78, 5) is 18.0. The summed E-state index contributed by atoms with van der Waals surface area (Å²) in [6.07, 6.45) is 3.96. The second kappa shape index (κ2) is 6.79. The fourth-order valence-electron chi connectivity index (χ4n) is 2.91. The highest BCUT2D eigenvalue weighted by Gasteiger charge is 2.14. The molecule has 0 aliphatic carbocycles. The van der Waals surface area contributed by atoms with Crippen molar-refractivity contribution < 1.29 is 9.32 Å². The summed E-state index contributed by atoms with van der Waals surface area (Å²) in [6.45, 7) is 0. The molecule has 0 fully saturated rings. The van der Waals surface area contributed by atoms with Crippen LogP contribution in [-0.4, -0.2) is 20.4 Å². The van der Waals surface area contributed by atoms with Gasteiger partial charge < -0.3 is 9.84 Å². The Morgan fingerprint density at radius 3 is 2.64 bits per heavy atom. The van der Waals surface area contributed by atoms with Gasteiger partial charge in [0.1, 0.15) is 0 Å². The molecule has 2 aromatic carbocycles. The first-order valence-corrected chi connectivity index (χ1v) is 9.50. The van der Waals surface area contributed by atoms with Crippen molar-refractivity contribution in [2.45, 2.75) is 0 Å². The van der Waals surface area contributed by atoms with Crippen LogP contribution in [0.1, 0.15) is 10.5 Å². The molecule has 28 heavy (non-hydrogen) atoms. The molecule has 0 bridgehead atoms. The molecule has 0 saturated heterocycles. The van der Waals surface area contributed by atoms with E-state index in [2.05, 4.69) is 15.5 Å². The summed E-state index contributed by atoms with van der Waals surface area (Å²) in [5.41, 5.74) is 3.67. The first-order valence-electron chi connectivity index (χ1n) is 8.62. The molecule has 5 rings (SSSR count). The van der Waals surface area contributed by atoms with E-state index < -0.39 is 0 Å². The van der Waals surface area contributed by atoms with Gasteiger partial charge in [-0.15, -0.1) is 11.3 Å². The fourth-order valence-corrected chi connectivity index (χ4v) is 3.61. The smallest absolute Gasteiger partial charge is 0.277 e. The molecule has 3 aromatic heterocycles. The maximum absolute atomic E-state index is 12.4. The minimum absolute atomic E-state index is 0.234. The molecule has 1 N–H and O–H groups in total. The zero-order valence-electron chi connectivity index (χ0n) is 14.6. The third-order valence-corrected chi connectivity index (χ3v) is 5.10. The number of benzene rings is 2. The quantitative estimate of drug-likeness (QED) is 0.473. The van der Waals surface area contributed by atoms with Crippen molar-refractivity contribution in [3.05, 3.63) is 84.1 Å². The van der Waals surface area contributed by atoms with Gasteiger partial charge >= 0.3 is 0 Å². The Labute approximate surface area is 164 Å². The van der Waals surface area contributed by atoms with Gasteiger partial charge in [-0.1, -0.05) is 47.6 Å². The highest BCUT2D eigenvalue weighted by Crippen LogP contribution is 2.24. The molecule has 0 saturated carbocycles. The van der Waals surface area contributed by atoms with Crippen molar-refractivity contribution in [2.75, 3.05) is 5.32 Å². The first kappa shape index (κ1) is 16.5. The van der Waals surface area contributed by atoms with Gasteiger partial charge in [0.25, 0.3) is 5.91 Å². The molecule has 6 nitrogen and oxygen atoms in total. The zero-order valence-corrected chi connectivity index (χ0v) is 15.4. The number of hydrogen-bond donors (Lipinski definition) is 1. The normalized spacial score (nSPS) is 11.0. The van der Waals surface area contributed by atoms with Crippen molar-refractivity contribution >= 4 is 27.9 Å². The minimum atomic E-state index is -0.318. The average molecular weight is 386 g/mol. The van der Waals surface area contributed by atoms with Gasteiger partial charge in [0.2, 0.25) is 0 Å². The molecule has 0 aliphatic heterocycles. The van der Waals surface area contributed by atoms with E-state index in [4.69, 9.17) is 4.52 Å². The summed E-state index contributed by atoms with van der Waals surface area (Å²) in [5, 5.41) is 8.71. The fraction of sp³-hybridized carbons (Fsp3) is 0. The van der Waals surface area contributed by atoms with Crippen LogP contribution in [0.3, 0.4) is 0 Å². The van der Waals surface area contributed by atoms with E-state index >= 15 is 0 Å². The van der Waals surface area contributed by atoms with Crippen LogP contribution >= 0.6 is 11.3 Å². The molecule has 1 amide bonds. The lowest BCUT2D eigenvalue weighted by Gasteiger charge is -2.03. The SMILES string of the molecule is O=C(Nc1ccc(-c2cn3ccsc3n2)cc1)c1cc(-c2ccccc2)on1. The maximum atomic E-state index is 12.4. The van der Waals surface area contributed by atoms with Crippen LogP contribution in [0.2, 0.25) is 0 Å². The van der Waals surface area contributed by atoms with Crippen molar-refractivity contribution in [3.8, 4) is 22.6 Å². The van der Waals surface area contributed by atoms with Gasteiger partial charge in [-0.3, -0.25) is 9.20 Å². The lowest BCUT2D eigenvalue weighted by atomic mass is 10.1. The number of thiazole rings is 1. The van der Waals surface area contributed by atoms with Crippen LogP contribution in [0, 0.1) is 0 Å². The van der Waals surface area contributed by atoms with E-state index in [1.54, 1.807) is 17.4 Å². The van der Waals surface area contributed by atoms with Crippen LogP contribution in [-0.2, 0) is 0 Å². The number of nitrogens with one attached hydrogen (secondary N) is 1. The molecule has 5 aromatic rings. The molecule has 0 spiro atoms. The Hall–Kier alpha value is -3.71. The maximum Gasteiger partial charge on any atom is 0.277 e.